The van der Waals surface area contributed by atoms with Gasteiger partial charge in [-0.1, -0.05) is 0 Å². The van der Waals surface area contributed by atoms with Crippen LogP contribution in [0.3, 0.4) is 0 Å². The van der Waals surface area contributed by atoms with E-state index < -0.39 is 21.9 Å². The molecule has 9 heteroatoms. The summed E-state index contributed by atoms with van der Waals surface area (Å²) in [5.74, 6) is -1.87. The molecule has 0 bridgehead atoms. The molecule has 0 spiro atoms. The molecule has 23 heavy (non-hydrogen) atoms. The van der Waals surface area contributed by atoms with Crippen LogP contribution in [-0.2, 0) is 10.0 Å². The van der Waals surface area contributed by atoms with Gasteiger partial charge in [-0.2, -0.15) is 0 Å². The number of anilines is 1. The number of nitrogens with one attached hydrogen (secondary N) is 2. The largest absolute Gasteiger partial charge is 0.478 e. The number of carboxylic acid groups (broad SMARTS) is 1. The average molecular weight is 336 g/mol. The molecule has 1 amide bonds. The van der Waals surface area contributed by atoms with E-state index in [0.717, 1.165) is 0 Å². The van der Waals surface area contributed by atoms with Crippen molar-refractivity contribution in [3.8, 4) is 0 Å². The fourth-order valence-electron chi connectivity index (χ4n) is 1.74. The van der Waals surface area contributed by atoms with Gasteiger partial charge in [-0.3, -0.25) is 14.7 Å². The second-order valence-corrected chi connectivity index (χ2v) is 6.14. The number of amides is 1. The summed E-state index contributed by atoms with van der Waals surface area (Å²) in [6, 6.07) is 10.1. The summed E-state index contributed by atoms with van der Waals surface area (Å²) in [5, 5.41) is 17.3. The quantitative estimate of drug-likeness (QED) is 0.480. The van der Waals surface area contributed by atoms with E-state index in [0.29, 0.717) is 0 Å². The molecule has 0 saturated heterocycles. The molecule has 0 fully saturated rings. The molecule has 0 aliphatic rings. The molecule has 0 aromatic heterocycles. The number of carboxylic acids is 1. The number of benzene rings is 2. The van der Waals surface area contributed by atoms with Crippen LogP contribution < -0.4 is 10.2 Å². The molecule has 0 atom stereocenters. The number of sulfonamides is 1. The minimum Gasteiger partial charge on any atom is -0.478 e. The normalized spacial score (nSPS) is 10.8. The van der Waals surface area contributed by atoms with Gasteiger partial charge in [0, 0.05) is 11.3 Å². The van der Waals surface area contributed by atoms with Gasteiger partial charge in [0.05, 0.1) is 10.5 Å². The molecule has 4 N–H and O–H groups in total. The highest BCUT2D eigenvalue weighted by Gasteiger charge is 2.15. The van der Waals surface area contributed by atoms with E-state index in [9.17, 15) is 18.0 Å². The van der Waals surface area contributed by atoms with Crippen LogP contribution >= 0.6 is 0 Å². The SMILES string of the molecule is O=C(O)c1ccc(S(=O)(=O)Nc2ccc(C(=O)NO)cc2)cc1. The predicted octanol–water partition coefficient (Wildman–Crippen LogP) is 1.30. The molecule has 2 aromatic carbocycles. The number of carbonyl (C=O) groups excluding carboxylic acids is 1. The van der Waals surface area contributed by atoms with E-state index in [1.807, 2.05) is 0 Å². The van der Waals surface area contributed by atoms with Crippen LogP contribution in [-0.4, -0.2) is 30.6 Å². The standard InChI is InChI=1S/C14H12N2O6S/c17-13(15-20)9-1-5-11(6-2-9)16-23(21,22)12-7-3-10(4-8-12)14(18)19/h1-8,16,20H,(H,15,17)(H,18,19). The first-order valence-electron chi connectivity index (χ1n) is 6.24. The monoisotopic (exact) mass is 336 g/mol. The lowest BCUT2D eigenvalue weighted by atomic mass is 10.2. The van der Waals surface area contributed by atoms with Crippen LogP contribution in [0.1, 0.15) is 20.7 Å². The summed E-state index contributed by atoms with van der Waals surface area (Å²) in [7, 11) is -3.89. The lowest BCUT2D eigenvalue weighted by Gasteiger charge is -2.09. The molecule has 120 valence electrons. The van der Waals surface area contributed by atoms with Crippen molar-refractivity contribution in [2.24, 2.45) is 0 Å². The van der Waals surface area contributed by atoms with Crippen LogP contribution in [0.4, 0.5) is 5.69 Å². The smallest absolute Gasteiger partial charge is 0.335 e. The molecule has 2 aromatic rings. The minimum absolute atomic E-state index is 0.0247. The summed E-state index contributed by atoms with van der Waals surface area (Å²) in [6.07, 6.45) is 0. The zero-order chi connectivity index (χ0) is 17.0. The number of carbonyl (C=O) groups is 2. The molecule has 0 radical (unpaired) electrons. The van der Waals surface area contributed by atoms with Crippen LogP contribution in [0.2, 0.25) is 0 Å². The summed E-state index contributed by atoms with van der Waals surface area (Å²) in [4.78, 5) is 21.8. The maximum Gasteiger partial charge on any atom is 0.335 e. The molecule has 0 heterocycles. The Kier molecular flexibility index (Phi) is 4.63. The topological polar surface area (TPSA) is 133 Å². The van der Waals surface area contributed by atoms with Crippen LogP contribution in [0, 0.1) is 0 Å². The van der Waals surface area contributed by atoms with Crippen molar-refractivity contribution < 1.29 is 28.3 Å². The van der Waals surface area contributed by atoms with E-state index in [-0.39, 0.29) is 21.7 Å². The van der Waals surface area contributed by atoms with E-state index in [2.05, 4.69) is 4.72 Å². The van der Waals surface area contributed by atoms with Crippen LogP contribution in [0.5, 0.6) is 0 Å². The minimum atomic E-state index is -3.89. The van der Waals surface area contributed by atoms with E-state index in [1.54, 1.807) is 0 Å². The molecule has 0 saturated carbocycles. The fourth-order valence-corrected chi connectivity index (χ4v) is 2.80. The Labute approximate surface area is 131 Å². The molecular formula is C14H12N2O6S. The summed E-state index contributed by atoms with van der Waals surface area (Å²) >= 11 is 0. The Morgan fingerprint density at radius 3 is 1.87 bits per heavy atom. The zero-order valence-electron chi connectivity index (χ0n) is 11.6. The first kappa shape index (κ1) is 16.5. The summed E-state index contributed by atoms with van der Waals surface area (Å²) < 4.78 is 26.7. The maximum atomic E-state index is 12.2. The van der Waals surface area contributed by atoms with Gasteiger partial charge in [-0.25, -0.2) is 18.7 Å². The first-order valence-corrected chi connectivity index (χ1v) is 7.72. The lowest BCUT2D eigenvalue weighted by Crippen LogP contribution is -2.18. The number of hydrogen-bond acceptors (Lipinski definition) is 5. The van der Waals surface area contributed by atoms with Crippen molar-refractivity contribution in [3.63, 3.8) is 0 Å². The van der Waals surface area contributed by atoms with Crippen molar-refractivity contribution in [1.29, 1.82) is 0 Å². The Bertz CT molecular complexity index is 829. The van der Waals surface area contributed by atoms with Gasteiger partial charge in [0.25, 0.3) is 15.9 Å². The van der Waals surface area contributed by atoms with Crippen molar-refractivity contribution in [3.05, 3.63) is 59.7 Å². The maximum absolute atomic E-state index is 12.2. The van der Waals surface area contributed by atoms with Gasteiger partial charge in [0.2, 0.25) is 0 Å². The molecule has 0 unspecified atom stereocenters. The first-order chi connectivity index (χ1) is 10.8. The number of aromatic carboxylic acids is 1. The molecule has 8 nitrogen and oxygen atoms in total. The Balaban J connectivity index is 2.20. The third kappa shape index (κ3) is 3.84. The average Bonchev–Trinajstić information content (AvgIpc) is 2.54. The highest BCUT2D eigenvalue weighted by atomic mass is 32.2. The third-order valence-electron chi connectivity index (χ3n) is 2.91. The van der Waals surface area contributed by atoms with E-state index >= 15 is 0 Å². The Morgan fingerprint density at radius 2 is 1.39 bits per heavy atom. The number of hydrogen-bond donors (Lipinski definition) is 4. The van der Waals surface area contributed by atoms with Gasteiger partial charge >= 0.3 is 5.97 Å². The fraction of sp³-hybridized carbons (Fsp3) is 0. The highest BCUT2D eigenvalue weighted by molar-refractivity contribution is 7.92. The van der Waals surface area contributed by atoms with Crippen molar-refractivity contribution in [1.82, 2.24) is 5.48 Å². The lowest BCUT2D eigenvalue weighted by molar-refractivity contribution is 0.0693. The molecule has 2 rings (SSSR count). The molecule has 0 aliphatic carbocycles. The van der Waals surface area contributed by atoms with E-state index in [1.165, 1.54) is 54.0 Å². The van der Waals surface area contributed by atoms with Crippen molar-refractivity contribution in [2.45, 2.75) is 4.90 Å². The number of hydroxylamine groups is 1. The van der Waals surface area contributed by atoms with Gasteiger partial charge in [-0.15, -0.1) is 0 Å². The van der Waals surface area contributed by atoms with E-state index in [4.69, 9.17) is 10.3 Å². The van der Waals surface area contributed by atoms with Crippen molar-refractivity contribution in [2.75, 3.05) is 4.72 Å². The van der Waals surface area contributed by atoms with Gasteiger partial charge in [0.15, 0.2) is 0 Å². The highest BCUT2D eigenvalue weighted by Crippen LogP contribution is 2.17. The summed E-state index contributed by atoms with van der Waals surface area (Å²) in [5.41, 5.74) is 1.80. The Hall–Kier alpha value is -2.91. The van der Waals surface area contributed by atoms with Gasteiger partial charge in [0.1, 0.15) is 0 Å². The molecular weight excluding hydrogens is 324 g/mol. The van der Waals surface area contributed by atoms with Crippen molar-refractivity contribution >= 4 is 27.6 Å². The number of rotatable bonds is 5. The van der Waals surface area contributed by atoms with Crippen LogP contribution in [0.25, 0.3) is 0 Å². The Morgan fingerprint density at radius 1 is 0.870 bits per heavy atom. The second-order valence-electron chi connectivity index (χ2n) is 4.45. The summed E-state index contributed by atoms with van der Waals surface area (Å²) in [6.45, 7) is 0. The van der Waals surface area contributed by atoms with Gasteiger partial charge < -0.3 is 5.11 Å². The second kappa shape index (κ2) is 6.46. The van der Waals surface area contributed by atoms with Gasteiger partial charge in [-0.05, 0) is 48.5 Å². The zero-order valence-corrected chi connectivity index (χ0v) is 12.4. The van der Waals surface area contributed by atoms with Crippen LogP contribution in [0.15, 0.2) is 53.4 Å². The third-order valence-corrected chi connectivity index (χ3v) is 4.31. The molecule has 0 aliphatic heterocycles. The predicted molar refractivity (Wildman–Crippen MR) is 79.9 cm³/mol.